The zero-order chi connectivity index (χ0) is 22.4. The van der Waals surface area contributed by atoms with E-state index in [1.807, 2.05) is 42.5 Å². The Bertz CT molecular complexity index is 1010. The number of pyridine rings is 1. The Kier molecular flexibility index (Phi) is 7.74. The Morgan fingerprint density at radius 2 is 1.84 bits per heavy atom. The van der Waals surface area contributed by atoms with E-state index >= 15 is 0 Å². The smallest absolute Gasteiger partial charge is 0.263 e. The SMILES string of the molecule is CC(c1ccc(Cl)cc1)C(CNC(=O)C(C)(C)Oc1ccccn1)c1cccc(Br)c1. The molecule has 0 aliphatic carbocycles. The highest BCUT2D eigenvalue weighted by molar-refractivity contribution is 9.10. The number of halogens is 2. The van der Waals surface area contributed by atoms with Crippen molar-refractivity contribution in [2.75, 3.05) is 6.54 Å². The van der Waals surface area contributed by atoms with Crippen molar-refractivity contribution in [1.29, 1.82) is 0 Å². The molecular formula is C25H26BrClN2O2. The molecule has 2 atom stereocenters. The molecule has 31 heavy (non-hydrogen) atoms. The number of benzene rings is 2. The van der Waals surface area contributed by atoms with Crippen molar-refractivity contribution >= 4 is 33.4 Å². The van der Waals surface area contributed by atoms with Gasteiger partial charge in [-0.2, -0.15) is 0 Å². The van der Waals surface area contributed by atoms with Crippen molar-refractivity contribution in [2.24, 2.45) is 0 Å². The van der Waals surface area contributed by atoms with Gasteiger partial charge in [0.2, 0.25) is 5.88 Å². The van der Waals surface area contributed by atoms with Crippen molar-refractivity contribution in [1.82, 2.24) is 10.3 Å². The van der Waals surface area contributed by atoms with Gasteiger partial charge in [0.1, 0.15) is 0 Å². The maximum absolute atomic E-state index is 13.0. The number of hydrogen-bond acceptors (Lipinski definition) is 3. The Morgan fingerprint density at radius 1 is 1.10 bits per heavy atom. The van der Waals surface area contributed by atoms with Gasteiger partial charge in [-0.1, -0.05) is 64.8 Å². The zero-order valence-electron chi connectivity index (χ0n) is 17.8. The molecule has 0 saturated carbocycles. The van der Waals surface area contributed by atoms with E-state index in [-0.39, 0.29) is 17.7 Å². The predicted octanol–water partition coefficient (Wildman–Crippen LogP) is 6.36. The lowest BCUT2D eigenvalue weighted by Crippen LogP contribution is -2.48. The molecule has 3 rings (SSSR count). The van der Waals surface area contributed by atoms with Crippen molar-refractivity contribution in [3.05, 3.63) is 93.5 Å². The number of rotatable bonds is 8. The Morgan fingerprint density at radius 3 is 2.48 bits per heavy atom. The van der Waals surface area contributed by atoms with Gasteiger partial charge < -0.3 is 10.1 Å². The number of amides is 1. The Hall–Kier alpha value is -2.37. The van der Waals surface area contributed by atoms with Crippen LogP contribution in [0.25, 0.3) is 0 Å². The van der Waals surface area contributed by atoms with E-state index < -0.39 is 5.60 Å². The van der Waals surface area contributed by atoms with Crippen molar-refractivity contribution in [2.45, 2.75) is 38.2 Å². The summed E-state index contributed by atoms with van der Waals surface area (Å²) < 4.78 is 6.84. The molecule has 3 aromatic rings. The summed E-state index contributed by atoms with van der Waals surface area (Å²) in [6, 6.07) is 21.4. The minimum Gasteiger partial charge on any atom is -0.462 e. The lowest BCUT2D eigenvalue weighted by atomic mass is 9.82. The summed E-state index contributed by atoms with van der Waals surface area (Å²) in [4.78, 5) is 17.1. The number of ether oxygens (including phenoxy) is 1. The molecule has 2 unspecified atom stereocenters. The number of aromatic nitrogens is 1. The molecule has 0 aliphatic heterocycles. The van der Waals surface area contributed by atoms with Crippen molar-refractivity contribution < 1.29 is 9.53 Å². The lowest BCUT2D eigenvalue weighted by Gasteiger charge is -2.29. The summed E-state index contributed by atoms with van der Waals surface area (Å²) >= 11 is 9.63. The van der Waals surface area contributed by atoms with E-state index in [9.17, 15) is 4.79 Å². The first-order chi connectivity index (χ1) is 14.8. The second-order valence-corrected chi connectivity index (χ2v) is 9.34. The van der Waals surface area contributed by atoms with Crippen molar-refractivity contribution in [3.63, 3.8) is 0 Å². The van der Waals surface area contributed by atoms with Crippen LogP contribution < -0.4 is 10.1 Å². The summed E-state index contributed by atoms with van der Waals surface area (Å²) in [5.41, 5.74) is 1.24. The summed E-state index contributed by atoms with van der Waals surface area (Å²) in [5, 5.41) is 3.80. The van der Waals surface area contributed by atoms with Crippen LogP contribution in [-0.4, -0.2) is 23.0 Å². The van der Waals surface area contributed by atoms with Gasteiger partial charge in [0.15, 0.2) is 5.60 Å². The van der Waals surface area contributed by atoms with Gasteiger partial charge in [0.25, 0.3) is 5.91 Å². The minimum atomic E-state index is -1.06. The maximum Gasteiger partial charge on any atom is 0.263 e. The van der Waals surface area contributed by atoms with Crippen LogP contribution in [0.4, 0.5) is 0 Å². The molecule has 1 amide bonds. The first-order valence-corrected chi connectivity index (χ1v) is 11.3. The van der Waals surface area contributed by atoms with Crippen LogP contribution in [0.2, 0.25) is 5.02 Å². The molecule has 0 saturated heterocycles. The molecule has 4 nitrogen and oxygen atoms in total. The van der Waals surface area contributed by atoms with E-state index in [2.05, 4.69) is 45.3 Å². The topological polar surface area (TPSA) is 51.2 Å². The molecule has 6 heteroatoms. The molecular weight excluding hydrogens is 476 g/mol. The molecule has 1 aromatic heterocycles. The monoisotopic (exact) mass is 500 g/mol. The number of hydrogen-bond donors (Lipinski definition) is 1. The summed E-state index contributed by atoms with van der Waals surface area (Å²) in [6.07, 6.45) is 1.64. The van der Waals surface area contributed by atoms with Gasteiger partial charge in [-0.3, -0.25) is 4.79 Å². The molecule has 0 spiro atoms. The molecule has 0 radical (unpaired) electrons. The average Bonchev–Trinajstić information content (AvgIpc) is 2.74. The highest BCUT2D eigenvalue weighted by atomic mass is 79.9. The number of nitrogens with zero attached hydrogens (tertiary/aromatic N) is 1. The van der Waals surface area contributed by atoms with Crippen molar-refractivity contribution in [3.8, 4) is 5.88 Å². The minimum absolute atomic E-state index is 0.0632. The quantitative estimate of drug-likeness (QED) is 0.391. The Balaban J connectivity index is 1.78. The van der Waals surface area contributed by atoms with Crippen LogP contribution in [-0.2, 0) is 4.79 Å². The van der Waals surface area contributed by atoms with E-state index in [0.717, 1.165) is 15.6 Å². The van der Waals surface area contributed by atoms with Crippen LogP contribution in [0.15, 0.2) is 77.4 Å². The van der Waals surface area contributed by atoms with E-state index in [0.29, 0.717) is 17.4 Å². The van der Waals surface area contributed by atoms with Crippen LogP contribution in [0.5, 0.6) is 5.88 Å². The van der Waals surface area contributed by atoms with Gasteiger partial charge in [-0.05, 0) is 61.2 Å². The molecule has 162 valence electrons. The van der Waals surface area contributed by atoms with Gasteiger partial charge in [-0.25, -0.2) is 4.98 Å². The molecule has 0 bridgehead atoms. The predicted molar refractivity (Wildman–Crippen MR) is 129 cm³/mol. The number of carbonyl (C=O) groups excluding carboxylic acids is 1. The van der Waals surface area contributed by atoms with Crippen LogP contribution in [0.3, 0.4) is 0 Å². The third-order valence-electron chi connectivity index (χ3n) is 5.30. The summed E-state index contributed by atoms with van der Waals surface area (Å²) in [7, 11) is 0. The first kappa shape index (κ1) is 23.3. The average molecular weight is 502 g/mol. The standard InChI is InChI=1S/C25H26BrClN2O2/c1-17(18-10-12-21(27)13-11-18)22(19-7-6-8-20(26)15-19)16-29-24(30)25(2,3)31-23-9-4-5-14-28-23/h4-15,17,22H,16H2,1-3H3,(H,29,30). The lowest BCUT2D eigenvalue weighted by molar-refractivity contribution is -0.134. The van der Waals surface area contributed by atoms with Gasteiger partial charge in [-0.15, -0.1) is 0 Å². The van der Waals surface area contributed by atoms with Crippen LogP contribution in [0, 0.1) is 0 Å². The third kappa shape index (κ3) is 6.31. The highest BCUT2D eigenvalue weighted by Gasteiger charge is 2.32. The fourth-order valence-electron chi connectivity index (χ4n) is 3.45. The summed E-state index contributed by atoms with van der Waals surface area (Å²) in [5.74, 6) is 0.446. The third-order valence-corrected chi connectivity index (χ3v) is 6.05. The second kappa shape index (κ2) is 10.3. The molecule has 0 fully saturated rings. The molecule has 1 heterocycles. The van der Waals surface area contributed by atoms with Gasteiger partial charge >= 0.3 is 0 Å². The molecule has 2 aromatic carbocycles. The van der Waals surface area contributed by atoms with E-state index in [4.69, 9.17) is 16.3 Å². The maximum atomic E-state index is 13.0. The van der Waals surface area contributed by atoms with Gasteiger partial charge in [0, 0.05) is 34.2 Å². The van der Waals surface area contributed by atoms with Gasteiger partial charge in [0.05, 0.1) is 0 Å². The Labute approximate surface area is 197 Å². The zero-order valence-corrected chi connectivity index (χ0v) is 20.2. The normalized spacial score (nSPS) is 13.3. The second-order valence-electron chi connectivity index (χ2n) is 7.99. The first-order valence-electron chi connectivity index (χ1n) is 10.2. The van der Waals surface area contributed by atoms with Crippen LogP contribution in [0.1, 0.15) is 43.7 Å². The number of nitrogens with one attached hydrogen (secondary N) is 1. The fraction of sp³-hybridized carbons (Fsp3) is 0.280. The largest absolute Gasteiger partial charge is 0.462 e. The van der Waals surface area contributed by atoms with E-state index in [1.165, 1.54) is 0 Å². The van der Waals surface area contributed by atoms with E-state index in [1.54, 1.807) is 32.2 Å². The fourth-order valence-corrected chi connectivity index (χ4v) is 3.99. The number of carbonyl (C=O) groups is 1. The molecule has 1 N–H and O–H groups in total. The highest BCUT2D eigenvalue weighted by Crippen LogP contribution is 2.34. The molecule has 0 aliphatic rings. The summed E-state index contributed by atoms with van der Waals surface area (Å²) in [6.45, 7) is 6.12. The van der Waals surface area contributed by atoms with Crippen LogP contribution >= 0.6 is 27.5 Å².